The van der Waals surface area contributed by atoms with Gasteiger partial charge in [0.05, 0.1) is 18.2 Å². The fourth-order valence-electron chi connectivity index (χ4n) is 0.828. The number of hydrogen-bond acceptors (Lipinski definition) is 3. The highest BCUT2D eigenvalue weighted by Gasteiger charge is 2.29. The molecule has 0 radical (unpaired) electrons. The lowest BCUT2D eigenvalue weighted by Gasteiger charge is -2.28. The minimum absolute atomic E-state index is 0.241. The Hall–Kier alpha value is -0.640. The lowest BCUT2D eigenvalue weighted by molar-refractivity contribution is 0.101. The first-order valence-corrected chi connectivity index (χ1v) is 3.13. The Kier molecular flexibility index (Phi) is 1.89. The van der Waals surface area contributed by atoms with Gasteiger partial charge in [-0.1, -0.05) is 24.3 Å². The SMILES string of the molecule is NC1(CO)C=CC=CC1O. The Morgan fingerprint density at radius 1 is 1.50 bits per heavy atom. The van der Waals surface area contributed by atoms with Crippen LogP contribution in [0, 0.1) is 0 Å². The number of rotatable bonds is 1. The predicted octanol–water partition coefficient (Wildman–Crippen LogP) is -0.837. The summed E-state index contributed by atoms with van der Waals surface area (Å²) in [7, 11) is 0. The van der Waals surface area contributed by atoms with Gasteiger partial charge in [-0.3, -0.25) is 0 Å². The molecule has 0 aromatic carbocycles. The van der Waals surface area contributed by atoms with E-state index in [1.54, 1.807) is 24.3 Å². The van der Waals surface area contributed by atoms with Crippen molar-refractivity contribution >= 4 is 0 Å². The van der Waals surface area contributed by atoms with E-state index in [1.807, 2.05) is 0 Å². The molecule has 0 aliphatic heterocycles. The standard InChI is InChI=1S/C7H11NO2/c8-7(5-9)4-2-1-3-6(7)10/h1-4,6,9-10H,5,8H2. The summed E-state index contributed by atoms with van der Waals surface area (Å²) in [6, 6.07) is 0. The van der Waals surface area contributed by atoms with E-state index in [1.165, 1.54) is 0 Å². The van der Waals surface area contributed by atoms with Gasteiger partial charge in [-0.25, -0.2) is 0 Å². The van der Waals surface area contributed by atoms with Gasteiger partial charge in [0.15, 0.2) is 0 Å². The van der Waals surface area contributed by atoms with Crippen molar-refractivity contribution in [2.75, 3.05) is 6.61 Å². The highest BCUT2D eigenvalue weighted by atomic mass is 16.3. The molecular formula is C7H11NO2. The molecule has 0 saturated carbocycles. The normalized spacial score (nSPS) is 38.5. The minimum Gasteiger partial charge on any atom is -0.394 e. The maximum atomic E-state index is 9.21. The molecule has 10 heavy (non-hydrogen) atoms. The Labute approximate surface area is 59.5 Å². The van der Waals surface area contributed by atoms with Crippen molar-refractivity contribution < 1.29 is 10.2 Å². The van der Waals surface area contributed by atoms with Crippen LogP contribution in [0.3, 0.4) is 0 Å². The van der Waals surface area contributed by atoms with Crippen molar-refractivity contribution in [1.29, 1.82) is 0 Å². The van der Waals surface area contributed by atoms with Gasteiger partial charge in [-0.15, -0.1) is 0 Å². The number of nitrogens with two attached hydrogens (primary N) is 1. The quantitative estimate of drug-likeness (QED) is 0.446. The molecule has 0 aromatic heterocycles. The van der Waals surface area contributed by atoms with Crippen LogP contribution in [0.15, 0.2) is 24.3 Å². The summed E-state index contributed by atoms with van der Waals surface area (Å²) in [5.41, 5.74) is 4.59. The zero-order valence-corrected chi connectivity index (χ0v) is 5.57. The summed E-state index contributed by atoms with van der Waals surface area (Å²) in [6.45, 7) is -0.241. The summed E-state index contributed by atoms with van der Waals surface area (Å²) in [6.07, 6.45) is 5.78. The summed E-state index contributed by atoms with van der Waals surface area (Å²) >= 11 is 0. The third-order valence-corrected chi connectivity index (χ3v) is 1.64. The molecule has 3 heteroatoms. The van der Waals surface area contributed by atoms with E-state index in [2.05, 4.69) is 0 Å². The van der Waals surface area contributed by atoms with Crippen LogP contribution in [0.4, 0.5) is 0 Å². The Bertz CT molecular complexity index is 176. The van der Waals surface area contributed by atoms with E-state index in [9.17, 15) is 5.11 Å². The molecule has 4 N–H and O–H groups in total. The summed E-state index contributed by atoms with van der Waals surface area (Å²) in [5.74, 6) is 0. The summed E-state index contributed by atoms with van der Waals surface area (Å²) in [5, 5.41) is 18.0. The Morgan fingerprint density at radius 2 is 2.20 bits per heavy atom. The van der Waals surface area contributed by atoms with Crippen LogP contribution in [-0.4, -0.2) is 28.5 Å². The van der Waals surface area contributed by atoms with Gasteiger partial charge in [-0.05, 0) is 0 Å². The molecule has 0 saturated heterocycles. The van der Waals surface area contributed by atoms with Gasteiger partial charge >= 0.3 is 0 Å². The highest BCUT2D eigenvalue weighted by molar-refractivity contribution is 5.24. The van der Waals surface area contributed by atoms with E-state index >= 15 is 0 Å². The smallest absolute Gasteiger partial charge is 0.0962 e. The summed E-state index contributed by atoms with van der Waals surface area (Å²) in [4.78, 5) is 0. The second kappa shape index (κ2) is 2.54. The lowest BCUT2D eigenvalue weighted by Crippen LogP contribution is -2.52. The van der Waals surface area contributed by atoms with Crippen molar-refractivity contribution in [3.63, 3.8) is 0 Å². The van der Waals surface area contributed by atoms with E-state index in [0.717, 1.165) is 0 Å². The number of hydrogen-bond donors (Lipinski definition) is 3. The maximum absolute atomic E-state index is 9.21. The van der Waals surface area contributed by atoms with Crippen molar-refractivity contribution in [3.05, 3.63) is 24.3 Å². The highest BCUT2D eigenvalue weighted by Crippen LogP contribution is 2.13. The molecule has 0 fully saturated rings. The molecule has 0 spiro atoms. The molecular weight excluding hydrogens is 130 g/mol. The first-order chi connectivity index (χ1) is 4.69. The molecule has 1 aliphatic rings. The Morgan fingerprint density at radius 3 is 2.60 bits per heavy atom. The van der Waals surface area contributed by atoms with Crippen LogP contribution in [0.1, 0.15) is 0 Å². The van der Waals surface area contributed by atoms with Crippen LogP contribution in [0.2, 0.25) is 0 Å². The maximum Gasteiger partial charge on any atom is 0.0962 e. The van der Waals surface area contributed by atoms with Gasteiger partial charge in [0.25, 0.3) is 0 Å². The van der Waals surface area contributed by atoms with Crippen LogP contribution in [0.25, 0.3) is 0 Å². The predicted molar refractivity (Wildman–Crippen MR) is 38.3 cm³/mol. The first kappa shape index (κ1) is 7.47. The average molecular weight is 141 g/mol. The number of aliphatic hydroxyl groups is 2. The van der Waals surface area contributed by atoms with E-state index in [-0.39, 0.29) is 6.61 Å². The van der Waals surface area contributed by atoms with Crippen molar-refractivity contribution in [1.82, 2.24) is 0 Å². The topological polar surface area (TPSA) is 66.5 Å². The molecule has 0 heterocycles. The van der Waals surface area contributed by atoms with Gasteiger partial charge in [-0.2, -0.15) is 0 Å². The van der Waals surface area contributed by atoms with Crippen LogP contribution >= 0.6 is 0 Å². The van der Waals surface area contributed by atoms with E-state index < -0.39 is 11.6 Å². The van der Waals surface area contributed by atoms with E-state index in [4.69, 9.17) is 10.8 Å². The number of allylic oxidation sites excluding steroid dienone is 2. The molecule has 2 atom stereocenters. The van der Waals surface area contributed by atoms with Crippen molar-refractivity contribution in [2.24, 2.45) is 5.73 Å². The second-order valence-electron chi connectivity index (χ2n) is 2.46. The average Bonchev–Trinajstić information content (AvgIpc) is 1.96. The lowest BCUT2D eigenvalue weighted by atomic mass is 9.91. The van der Waals surface area contributed by atoms with Crippen LogP contribution < -0.4 is 5.73 Å². The van der Waals surface area contributed by atoms with Gasteiger partial charge in [0, 0.05) is 0 Å². The van der Waals surface area contributed by atoms with Gasteiger partial charge in [0.2, 0.25) is 0 Å². The van der Waals surface area contributed by atoms with Crippen molar-refractivity contribution in [2.45, 2.75) is 11.6 Å². The molecule has 0 bridgehead atoms. The second-order valence-corrected chi connectivity index (χ2v) is 2.46. The molecule has 1 aliphatic carbocycles. The third kappa shape index (κ3) is 1.11. The van der Waals surface area contributed by atoms with Gasteiger partial charge in [0.1, 0.15) is 0 Å². The molecule has 0 amide bonds. The minimum atomic E-state index is -0.977. The van der Waals surface area contributed by atoms with E-state index in [0.29, 0.717) is 0 Å². The fourth-order valence-corrected chi connectivity index (χ4v) is 0.828. The molecule has 3 nitrogen and oxygen atoms in total. The largest absolute Gasteiger partial charge is 0.394 e. The molecule has 1 rings (SSSR count). The fraction of sp³-hybridized carbons (Fsp3) is 0.429. The van der Waals surface area contributed by atoms with Gasteiger partial charge < -0.3 is 15.9 Å². The zero-order valence-electron chi connectivity index (χ0n) is 5.57. The monoisotopic (exact) mass is 141 g/mol. The first-order valence-electron chi connectivity index (χ1n) is 3.13. The summed E-state index contributed by atoms with van der Waals surface area (Å²) < 4.78 is 0. The molecule has 2 unspecified atom stereocenters. The third-order valence-electron chi connectivity index (χ3n) is 1.64. The molecule has 56 valence electrons. The Balaban J connectivity index is 2.77. The van der Waals surface area contributed by atoms with Crippen LogP contribution in [-0.2, 0) is 0 Å². The van der Waals surface area contributed by atoms with Crippen molar-refractivity contribution in [3.8, 4) is 0 Å². The number of aliphatic hydroxyl groups excluding tert-OH is 2. The zero-order chi connectivity index (χ0) is 7.61. The molecule has 0 aromatic rings. The van der Waals surface area contributed by atoms with Crippen LogP contribution in [0.5, 0.6) is 0 Å².